The van der Waals surface area contributed by atoms with Crippen LogP contribution in [0.4, 0.5) is 11.5 Å². The van der Waals surface area contributed by atoms with Crippen LogP contribution in [0.2, 0.25) is 0 Å². The summed E-state index contributed by atoms with van der Waals surface area (Å²) in [6, 6.07) is 3.37. The predicted molar refractivity (Wildman–Crippen MR) is 92.7 cm³/mol. The van der Waals surface area contributed by atoms with Gasteiger partial charge in [-0.1, -0.05) is 13.3 Å². The van der Waals surface area contributed by atoms with Gasteiger partial charge in [-0.15, -0.1) is 12.4 Å². The van der Waals surface area contributed by atoms with Gasteiger partial charge in [0.05, 0.1) is 17.9 Å². The molecule has 0 aromatic carbocycles. The van der Waals surface area contributed by atoms with E-state index in [-0.39, 0.29) is 18.3 Å². The molecule has 1 saturated heterocycles. The zero-order chi connectivity index (χ0) is 15.2. The fraction of sp³-hybridized carbons (Fsp3) is 0.600. The Labute approximate surface area is 138 Å². The highest BCUT2D eigenvalue weighted by molar-refractivity contribution is 5.93. The summed E-state index contributed by atoms with van der Waals surface area (Å²) in [7, 11) is 2.13. The molecule has 6 nitrogen and oxygen atoms in total. The van der Waals surface area contributed by atoms with Gasteiger partial charge in [0.1, 0.15) is 5.82 Å². The number of piperazine rings is 1. The molecular formula is C15H26ClN5O. The molecule has 22 heavy (non-hydrogen) atoms. The molecule has 1 unspecified atom stereocenters. The first kappa shape index (κ1) is 18.7. The molecular weight excluding hydrogens is 302 g/mol. The SMILES string of the molecule is CCCC(N)C(=O)Nc1ccc(N2CCN(C)CC2)cn1.Cl. The number of amides is 1. The zero-order valence-corrected chi connectivity index (χ0v) is 14.1. The first-order valence-corrected chi connectivity index (χ1v) is 7.56. The van der Waals surface area contributed by atoms with Gasteiger partial charge in [0.2, 0.25) is 5.91 Å². The summed E-state index contributed by atoms with van der Waals surface area (Å²) in [6.07, 6.45) is 3.39. The van der Waals surface area contributed by atoms with Crippen LogP contribution in [0.25, 0.3) is 0 Å². The molecule has 0 bridgehead atoms. The van der Waals surface area contributed by atoms with Gasteiger partial charge in [-0.3, -0.25) is 4.79 Å². The Morgan fingerprint density at radius 3 is 2.59 bits per heavy atom. The van der Waals surface area contributed by atoms with E-state index in [1.54, 1.807) is 0 Å². The highest BCUT2D eigenvalue weighted by atomic mass is 35.5. The van der Waals surface area contributed by atoms with Crippen molar-refractivity contribution in [3.05, 3.63) is 18.3 Å². The van der Waals surface area contributed by atoms with E-state index in [1.165, 1.54) is 0 Å². The van der Waals surface area contributed by atoms with Crippen LogP contribution in [0.1, 0.15) is 19.8 Å². The number of anilines is 2. The maximum Gasteiger partial charge on any atom is 0.242 e. The Morgan fingerprint density at radius 2 is 2.05 bits per heavy atom. The monoisotopic (exact) mass is 327 g/mol. The number of pyridine rings is 1. The standard InChI is InChI=1S/C15H25N5O.ClH/c1-3-4-13(16)15(21)18-14-6-5-12(11-17-14)20-9-7-19(2)8-10-20;/h5-6,11,13H,3-4,7-10,16H2,1-2H3,(H,17,18,21);1H. The minimum atomic E-state index is -0.464. The van der Waals surface area contributed by atoms with Gasteiger partial charge in [-0.05, 0) is 25.6 Å². The molecule has 124 valence electrons. The highest BCUT2D eigenvalue weighted by Crippen LogP contribution is 2.17. The van der Waals surface area contributed by atoms with Gasteiger partial charge in [-0.25, -0.2) is 4.98 Å². The average Bonchev–Trinajstić information content (AvgIpc) is 2.49. The van der Waals surface area contributed by atoms with Crippen LogP contribution >= 0.6 is 12.4 Å². The molecule has 0 spiro atoms. The topological polar surface area (TPSA) is 74.5 Å². The third-order valence-corrected chi connectivity index (χ3v) is 3.80. The van der Waals surface area contributed by atoms with Gasteiger partial charge < -0.3 is 20.9 Å². The Bertz CT molecular complexity index is 460. The molecule has 1 aliphatic rings. The Hall–Kier alpha value is -1.37. The molecule has 0 radical (unpaired) electrons. The molecule has 2 rings (SSSR count). The fourth-order valence-corrected chi connectivity index (χ4v) is 2.37. The van der Waals surface area contributed by atoms with Crippen molar-refractivity contribution in [1.82, 2.24) is 9.88 Å². The lowest BCUT2D eigenvalue weighted by atomic mass is 10.2. The van der Waals surface area contributed by atoms with E-state index in [0.717, 1.165) is 38.3 Å². The summed E-state index contributed by atoms with van der Waals surface area (Å²) >= 11 is 0. The van der Waals surface area contributed by atoms with E-state index in [2.05, 4.69) is 27.1 Å². The second-order valence-corrected chi connectivity index (χ2v) is 5.58. The van der Waals surface area contributed by atoms with E-state index >= 15 is 0 Å². The first-order valence-electron chi connectivity index (χ1n) is 7.56. The molecule has 1 fully saturated rings. The second-order valence-electron chi connectivity index (χ2n) is 5.58. The first-order chi connectivity index (χ1) is 10.1. The van der Waals surface area contributed by atoms with E-state index < -0.39 is 6.04 Å². The Morgan fingerprint density at radius 1 is 1.36 bits per heavy atom. The van der Waals surface area contributed by atoms with Crippen molar-refractivity contribution < 1.29 is 4.79 Å². The van der Waals surface area contributed by atoms with Gasteiger partial charge >= 0.3 is 0 Å². The van der Waals surface area contributed by atoms with Crippen LogP contribution in [-0.4, -0.2) is 55.1 Å². The van der Waals surface area contributed by atoms with Crippen LogP contribution < -0.4 is 16.0 Å². The van der Waals surface area contributed by atoms with Crippen LogP contribution in [-0.2, 0) is 4.79 Å². The van der Waals surface area contributed by atoms with Gasteiger partial charge in [0.15, 0.2) is 0 Å². The minimum Gasteiger partial charge on any atom is -0.368 e. The van der Waals surface area contributed by atoms with E-state index in [1.807, 2.05) is 25.3 Å². The highest BCUT2D eigenvalue weighted by Gasteiger charge is 2.15. The summed E-state index contributed by atoms with van der Waals surface area (Å²) in [5, 5.41) is 2.76. The number of carbonyl (C=O) groups excluding carboxylic acids is 1. The van der Waals surface area contributed by atoms with Crippen LogP contribution in [0.15, 0.2) is 18.3 Å². The fourth-order valence-electron chi connectivity index (χ4n) is 2.37. The zero-order valence-electron chi connectivity index (χ0n) is 13.3. The van der Waals surface area contributed by atoms with Crippen molar-refractivity contribution >= 4 is 29.8 Å². The third-order valence-electron chi connectivity index (χ3n) is 3.80. The van der Waals surface area contributed by atoms with Gasteiger partial charge in [0.25, 0.3) is 0 Å². The lowest BCUT2D eigenvalue weighted by Crippen LogP contribution is -2.44. The van der Waals surface area contributed by atoms with Crippen molar-refractivity contribution in [3.63, 3.8) is 0 Å². The Balaban J connectivity index is 0.00000242. The molecule has 1 atom stereocenters. The molecule has 1 amide bonds. The summed E-state index contributed by atoms with van der Waals surface area (Å²) in [4.78, 5) is 20.8. The number of nitrogens with two attached hydrogens (primary N) is 1. The molecule has 1 aromatic rings. The third kappa shape index (κ3) is 5.12. The number of nitrogens with one attached hydrogen (secondary N) is 1. The Kier molecular flexibility index (Phi) is 7.58. The number of nitrogens with zero attached hydrogens (tertiary/aromatic N) is 3. The lowest BCUT2D eigenvalue weighted by molar-refractivity contribution is -0.117. The minimum absolute atomic E-state index is 0. The van der Waals surface area contributed by atoms with E-state index in [9.17, 15) is 4.79 Å². The van der Waals surface area contributed by atoms with Gasteiger partial charge in [-0.2, -0.15) is 0 Å². The quantitative estimate of drug-likeness (QED) is 0.853. The number of likely N-dealkylation sites (N-methyl/N-ethyl adjacent to an activating group) is 1. The number of rotatable bonds is 5. The molecule has 1 aliphatic heterocycles. The predicted octanol–water partition coefficient (Wildman–Crippen LogP) is 1.32. The van der Waals surface area contributed by atoms with Crippen molar-refractivity contribution in [2.24, 2.45) is 5.73 Å². The van der Waals surface area contributed by atoms with Crippen molar-refractivity contribution in [1.29, 1.82) is 0 Å². The molecule has 2 heterocycles. The number of halogens is 1. The summed E-state index contributed by atoms with van der Waals surface area (Å²) in [5.41, 5.74) is 6.88. The normalized spacial score (nSPS) is 16.8. The molecule has 1 aromatic heterocycles. The van der Waals surface area contributed by atoms with Crippen LogP contribution in [0.3, 0.4) is 0 Å². The number of carbonyl (C=O) groups is 1. The molecule has 0 saturated carbocycles. The summed E-state index contributed by atoms with van der Waals surface area (Å²) in [5.74, 6) is 0.390. The largest absolute Gasteiger partial charge is 0.368 e. The lowest BCUT2D eigenvalue weighted by Gasteiger charge is -2.33. The molecule has 7 heteroatoms. The maximum atomic E-state index is 11.8. The number of hydrogen-bond acceptors (Lipinski definition) is 5. The van der Waals surface area contributed by atoms with E-state index in [0.29, 0.717) is 12.2 Å². The summed E-state index contributed by atoms with van der Waals surface area (Å²) in [6.45, 7) is 6.14. The van der Waals surface area contributed by atoms with Gasteiger partial charge in [0, 0.05) is 26.2 Å². The molecule has 3 N–H and O–H groups in total. The van der Waals surface area contributed by atoms with E-state index in [4.69, 9.17) is 5.73 Å². The molecule has 0 aliphatic carbocycles. The maximum absolute atomic E-state index is 11.8. The summed E-state index contributed by atoms with van der Waals surface area (Å²) < 4.78 is 0. The van der Waals surface area contributed by atoms with Crippen molar-refractivity contribution in [3.8, 4) is 0 Å². The average molecular weight is 328 g/mol. The smallest absolute Gasteiger partial charge is 0.242 e. The number of hydrogen-bond donors (Lipinski definition) is 2. The van der Waals surface area contributed by atoms with Crippen molar-refractivity contribution in [2.75, 3.05) is 43.4 Å². The van der Waals surface area contributed by atoms with Crippen molar-refractivity contribution in [2.45, 2.75) is 25.8 Å². The number of aromatic nitrogens is 1. The van der Waals surface area contributed by atoms with Crippen LogP contribution in [0.5, 0.6) is 0 Å². The second kappa shape index (κ2) is 8.92. The van der Waals surface area contributed by atoms with Crippen LogP contribution in [0, 0.1) is 0 Å².